The molecule has 0 spiro atoms. The van der Waals surface area contributed by atoms with E-state index in [4.69, 9.17) is 14.9 Å². The van der Waals surface area contributed by atoms with E-state index in [1.165, 1.54) is 22.2 Å². The number of carbonyl (C=O) groups is 2. The fraction of sp³-hybridized carbons (Fsp3) is 0.387. The van der Waals surface area contributed by atoms with Crippen LogP contribution in [0.4, 0.5) is 51.4 Å². The van der Waals surface area contributed by atoms with Gasteiger partial charge in [-0.1, -0.05) is 91.0 Å². The fourth-order valence-electron chi connectivity index (χ4n) is 17.6. The molecule has 8 heterocycles. The highest BCUT2D eigenvalue weighted by atomic mass is 32.2. The summed E-state index contributed by atoms with van der Waals surface area (Å²) < 4.78 is 73.6. The average Bonchev–Trinajstić information content (AvgIpc) is 0.768. The number of piperidine rings is 3. The second kappa shape index (κ2) is 39.1. The molecule has 15 rings (SSSR count). The third-order valence-electron chi connectivity index (χ3n) is 24.3. The van der Waals surface area contributed by atoms with Crippen molar-refractivity contribution in [3.8, 4) is 18.2 Å². The molecule has 27 nitrogen and oxygen atoms in total. The van der Waals surface area contributed by atoms with E-state index in [0.717, 1.165) is 157 Å². The molecule has 2 amide bonds. The lowest BCUT2D eigenvalue weighted by Crippen LogP contribution is -2.56. The van der Waals surface area contributed by atoms with Crippen LogP contribution in [-0.2, 0) is 29.8 Å². The molecule has 6 saturated heterocycles. The maximum absolute atomic E-state index is 13.8. The molecule has 123 heavy (non-hydrogen) atoms. The van der Waals surface area contributed by atoms with Gasteiger partial charge in [-0.2, -0.15) is 20.1 Å². The van der Waals surface area contributed by atoms with E-state index in [0.29, 0.717) is 104 Å². The van der Waals surface area contributed by atoms with Crippen molar-refractivity contribution >= 4 is 93.0 Å². The molecule has 0 bridgehead atoms. The monoisotopic (exact) mass is 1720 g/mol. The van der Waals surface area contributed by atoms with Gasteiger partial charge in [0.15, 0.2) is 5.03 Å². The van der Waals surface area contributed by atoms with Crippen molar-refractivity contribution in [1.29, 1.82) is 20.6 Å². The highest BCUT2D eigenvalue weighted by molar-refractivity contribution is 7.92. The maximum atomic E-state index is 13.8. The number of aliphatic hydroxyl groups is 1. The number of sulfonamides is 2. The van der Waals surface area contributed by atoms with Gasteiger partial charge in [-0.05, 0) is 205 Å². The molecule has 9 aromatic rings. The molecule has 6 fully saturated rings. The van der Waals surface area contributed by atoms with Crippen molar-refractivity contribution < 1.29 is 35.7 Å². The lowest BCUT2D eigenvalue weighted by Gasteiger charge is -2.42. The van der Waals surface area contributed by atoms with Crippen molar-refractivity contribution in [2.24, 2.45) is 5.14 Å². The number of anilines is 9. The third-order valence-corrected chi connectivity index (χ3v) is 28.4. The summed E-state index contributed by atoms with van der Waals surface area (Å²) >= 11 is 0. The zero-order chi connectivity index (χ0) is 87.4. The van der Waals surface area contributed by atoms with Crippen molar-refractivity contribution in [1.82, 2.24) is 24.1 Å². The molecule has 0 unspecified atom stereocenters. The van der Waals surface area contributed by atoms with E-state index in [2.05, 4.69) is 95.7 Å². The first-order chi connectivity index (χ1) is 59.0. The molecule has 644 valence electrons. The van der Waals surface area contributed by atoms with Crippen molar-refractivity contribution in [2.45, 2.75) is 126 Å². The van der Waals surface area contributed by atoms with Crippen LogP contribution in [0.1, 0.15) is 115 Å². The second-order valence-corrected chi connectivity index (χ2v) is 38.3. The summed E-state index contributed by atoms with van der Waals surface area (Å²) in [4.78, 5) is 54.1. The largest absolute Gasteiger partial charge is 0.394 e. The highest BCUT2D eigenvalue weighted by Crippen LogP contribution is 2.36. The standard InChI is InChI=1S/C33H39N5O2.C31H37N7O2S.C29H35N7O4S2/c1-23-8-4-6-10-31(23)38-17-16-37(21-28(38)22-39)33(40)29-19-30(25(3)18-24(29)2)35-27-12-14-36(15-13-27)32-11-7-5-9-26(32)20-34;1-22-20-23(2)30(34-25-12-14-36(15-13-25)26-9-5-4-8-24(26)21-32)35-29(22)31(39)38-18-16-37(17-19-38)27-10-6-7-11-28(27)41(3,33)40;1-21-19-22(2)29(33-28(21)32-24-11-13-34(14-12-24)25-8-4-3-7-23(25)20-30)42(39,40)36-17-15-35(16-18-36)26-9-5-6-10-27(26)41(31,37)38/h4-11,18-19,27-28,35,39H,12-17,21-22H2,1-3H3;4-11,20,25,33H,12-19H2,1-3H3,(H,34,35);3-10,19,24H,11-18H2,1-2H3,(H,32,33)(H2,31,37,38)/t28-;41-;/m11./s1. The van der Waals surface area contributed by atoms with Gasteiger partial charge in [0.1, 0.15) is 40.4 Å². The molecule has 0 radical (unpaired) electrons. The minimum atomic E-state index is -3.92. The van der Waals surface area contributed by atoms with Gasteiger partial charge >= 0.3 is 0 Å². The summed E-state index contributed by atoms with van der Waals surface area (Å²) in [6.07, 6.45) is 6.80. The van der Waals surface area contributed by atoms with E-state index >= 15 is 0 Å². The summed E-state index contributed by atoms with van der Waals surface area (Å²) in [7, 11) is -10.7. The Morgan fingerprint density at radius 2 is 0.837 bits per heavy atom. The fourth-order valence-corrected chi connectivity index (χ4v) is 20.8. The zero-order valence-electron chi connectivity index (χ0n) is 71.3. The van der Waals surface area contributed by atoms with Gasteiger partial charge < -0.3 is 60.3 Å². The number of primary sulfonamides is 1. The Morgan fingerprint density at radius 1 is 0.439 bits per heavy atom. The quantitative estimate of drug-likeness (QED) is 0.0438. The van der Waals surface area contributed by atoms with Crippen LogP contribution in [0.25, 0.3) is 0 Å². The predicted octanol–water partition coefficient (Wildman–Crippen LogP) is 12.3. The lowest BCUT2D eigenvalue weighted by molar-refractivity contribution is 0.0697. The van der Waals surface area contributed by atoms with Crippen LogP contribution < -0.4 is 50.5 Å². The number of piperazine rings is 3. The number of nitrogens with zero attached hydrogens (tertiary/aromatic N) is 14. The molecular weight excluding hydrogens is 1610 g/mol. The van der Waals surface area contributed by atoms with Crippen molar-refractivity contribution in [3.05, 3.63) is 237 Å². The van der Waals surface area contributed by atoms with Crippen LogP contribution in [0.15, 0.2) is 185 Å². The Kier molecular flexibility index (Phi) is 28.3. The van der Waals surface area contributed by atoms with Gasteiger partial charge in [-0.3, -0.25) is 9.59 Å². The summed E-state index contributed by atoms with van der Waals surface area (Å²) in [5.41, 5.74) is 16.2. The third kappa shape index (κ3) is 20.8. The Labute approximate surface area is 724 Å². The number of pyridine rings is 2. The Bertz CT molecular complexity index is 5840. The molecule has 7 N–H and O–H groups in total. The predicted molar refractivity (Wildman–Crippen MR) is 487 cm³/mol. The molecule has 0 saturated carbocycles. The number of nitriles is 3. The SMILES string of the molecule is Cc1cc(C)c(C(=O)N2CCN(c3ccccc3C)[C@@H](CO)C2)cc1NC1CCN(c2ccccc2C#N)CC1.Cc1cc(C)c(C(=O)N2CCN(c3ccccc3[S@](C)(=N)=O)CC2)nc1NC1CCN(c2ccccc2C#N)CC1.Cc1cc(C)c(S(=O)(=O)N2CCN(c3ccccc3S(N)(=O)=O)CC2)nc1NC1CCN(c2ccccc2C#N)CC1. The topological polar surface area (TPSA) is 352 Å². The Morgan fingerprint density at radius 3 is 1.31 bits per heavy atom. The molecule has 30 heteroatoms. The molecule has 0 aliphatic carbocycles. The van der Waals surface area contributed by atoms with Crippen LogP contribution in [0.2, 0.25) is 0 Å². The molecule has 2 aromatic heterocycles. The molecule has 2 atom stereocenters. The number of para-hydroxylation sites is 6. The van der Waals surface area contributed by atoms with Crippen molar-refractivity contribution in [2.75, 3.05) is 169 Å². The number of amides is 2. The van der Waals surface area contributed by atoms with Gasteiger partial charge in [-0.25, -0.2) is 40.9 Å². The van der Waals surface area contributed by atoms with Crippen molar-refractivity contribution in [3.63, 3.8) is 0 Å². The first-order valence-electron chi connectivity index (χ1n) is 42.1. The molecule has 6 aliphatic rings. The first-order valence-corrected chi connectivity index (χ1v) is 47.0. The van der Waals surface area contributed by atoms with Crippen LogP contribution in [0.3, 0.4) is 0 Å². The van der Waals surface area contributed by atoms with E-state index < -0.39 is 29.8 Å². The van der Waals surface area contributed by atoms with E-state index in [-0.39, 0.29) is 59.6 Å². The van der Waals surface area contributed by atoms with Crippen LogP contribution >= 0.6 is 0 Å². The number of hydrogen-bond acceptors (Lipinski definition) is 23. The van der Waals surface area contributed by atoms with Crippen LogP contribution in [0.5, 0.6) is 0 Å². The smallest absolute Gasteiger partial charge is 0.272 e. The number of aryl methyl sites for hydroxylation is 7. The normalized spacial score (nSPS) is 17.6. The molecule has 7 aromatic carbocycles. The van der Waals surface area contributed by atoms with E-state index in [1.807, 2.05) is 164 Å². The van der Waals surface area contributed by atoms with E-state index in [1.54, 1.807) is 31.2 Å². The number of benzene rings is 7. The van der Waals surface area contributed by atoms with Gasteiger partial charge in [0.2, 0.25) is 10.0 Å². The Hall–Kier alpha value is -11.8. The van der Waals surface area contributed by atoms with Gasteiger partial charge in [0.05, 0.1) is 72.4 Å². The van der Waals surface area contributed by atoms with E-state index in [9.17, 15) is 51.5 Å². The van der Waals surface area contributed by atoms with Gasteiger partial charge in [0.25, 0.3) is 21.8 Å². The summed E-state index contributed by atoms with van der Waals surface area (Å²) in [6.45, 7) is 23.8. The molecule has 6 aliphatic heterocycles. The second-order valence-electron chi connectivity index (χ2n) is 32.7. The lowest BCUT2D eigenvalue weighted by atomic mass is 9.99. The number of nitrogens with one attached hydrogen (secondary N) is 4. The van der Waals surface area contributed by atoms with Gasteiger partial charge in [-0.15, -0.1) is 0 Å². The first kappa shape index (κ1) is 89.0. The Balaban J connectivity index is 0.000000159. The average molecular weight is 1720 g/mol. The maximum Gasteiger partial charge on any atom is 0.272 e. The highest BCUT2D eigenvalue weighted by Gasteiger charge is 2.37. The molecular formula is C93H111N19O8S3. The summed E-state index contributed by atoms with van der Waals surface area (Å²) in [6, 6.07) is 60.5. The number of aliphatic hydroxyl groups excluding tert-OH is 1. The van der Waals surface area contributed by atoms with Gasteiger partial charge in [0, 0.05) is 153 Å². The summed E-state index contributed by atoms with van der Waals surface area (Å²) in [5, 5.41) is 54.8. The minimum Gasteiger partial charge on any atom is -0.394 e. The summed E-state index contributed by atoms with van der Waals surface area (Å²) in [5.74, 6) is 1.24. The minimum absolute atomic E-state index is 0.00462. The zero-order valence-corrected chi connectivity index (χ0v) is 73.8. The number of rotatable bonds is 19. The number of nitrogens with two attached hydrogens (primary N) is 1. The van der Waals surface area contributed by atoms with Crippen LogP contribution in [0, 0.1) is 87.2 Å². The number of aromatic nitrogens is 2. The number of carbonyl (C=O) groups excluding carboxylic acids is 2. The number of hydrogen-bond donors (Lipinski definition) is 6. The van der Waals surface area contributed by atoms with Crippen LogP contribution in [-0.4, -0.2) is 210 Å².